The molecular formula is C18H21NO5S. The van der Waals surface area contributed by atoms with E-state index in [9.17, 15) is 19.2 Å². The van der Waals surface area contributed by atoms with Crippen molar-refractivity contribution in [2.45, 2.75) is 43.9 Å². The third-order valence-electron chi connectivity index (χ3n) is 3.80. The van der Waals surface area contributed by atoms with E-state index in [1.165, 1.54) is 6.92 Å². The quantitative estimate of drug-likeness (QED) is 0.451. The van der Waals surface area contributed by atoms with Crippen LogP contribution in [0.5, 0.6) is 0 Å². The van der Waals surface area contributed by atoms with Crippen LogP contribution in [-0.2, 0) is 19.1 Å². The molecule has 1 aliphatic heterocycles. The maximum absolute atomic E-state index is 12.3. The number of hydrogen-bond acceptors (Lipinski definition) is 7. The number of benzene rings is 1. The maximum atomic E-state index is 12.3. The lowest BCUT2D eigenvalue weighted by molar-refractivity contribution is -0.160. The second-order valence-electron chi connectivity index (χ2n) is 5.87. The average Bonchev–Trinajstić information content (AvgIpc) is 3.09. The summed E-state index contributed by atoms with van der Waals surface area (Å²) in [4.78, 5) is 47.6. The van der Waals surface area contributed by atoms with Gasteiger partial charge in [0.25, 0.3) is 0 Å². The van der Waals surface area contributed by atoms with Gasteiger partial charge in [-0.1, -0.05) is 42.1 Å². The average molecular weight is 363 g/mol. The minimum atomic E-state index is -0.710. The zero-order chi connectivity index (χ0) is 18.2. The Morgan fingerprint density at radius 1 is 1.20 bits per heavy atom. The summed E-state index contributed by atoms with van der Waals surface area (Å²) < 4.78 is 4.86. The van der Waals surface area contributed by atoms with Crippen LogP contribution < -0.4 is 5.32 Å². The lowest BCUT2D eigenvalue weighted by atomic mass is 10.1. The molecule has 1 saturated heterocycles. The van der Waals surface area contributed by atoms with Gasteiger partial charge in [0.15, 0.2) is 10.9 Å². The van der Waals surface area contributed by atoms with Crippen molar-refractivity contribution in [2.24, 2.45) is 0 Å². The molecule has 1 aliphatic rings. The first kappa shape index (κ1) is 19.3. The maximum Gasteiger partial charge on any atom is 0.330 e. The van der Waals surface area contributed by atoms with Gasteiger partial charge >= 0.3 is 11.9 Å². The molecule has 1 fully saturated rings. The van der Waals surface area contributed by atoms with E-state index >= 15 is 0 Å². The van der Waals surface area contributed by atoms with Gasteiger partial charge in [-0.05, 0) is 19.4 Å². The molecule has 0 bridgehead atoms. The van der Waals surface area contributed by atoms with E-state index in [0.29, 0.717) is 12.0 Å². The normalized spacial score (nSPS) is 17.7. The summed E-state index contributed by atoms with van der Waals surface area (Å²) in [6.45, 7) is 2.10. The highest BCUT2D eigenvalue weighted by Crippen LogP contribution is 2.22. The molecule has 2 rings (SSSR count). The molecule has 0 spiro atoms. The highest BCUT2D eigenvalue weighted by Gasteiger charge is 2.28. The van der Waals surface area contributed by atoms with Gasteiger partial charge in [-0.3, -0.25) is 14.4 Å². The van der Waals surface area contributed by atoms with Gasteiger partial charge in [0.1, 0.15) is 6.04 Å². The first-order valence-corrected chi connectivity index (χ1v) is 9.07. The Bertz CT molecular complexity index is 640. The van der Waals surface area contributed by atoms with E-state index < -0.39 is 23.2 Å². The number of nitrogens with one attached hydrogen (secondary N) is 1. The highest BCUT2D eigenvalue weighted by atomic mass is 32.2. The lowest BCUT2D eigenvalue weighted by Gasteiger charge is -2.14. The Morgan fingerprint density at radius 3 is 2.52 bits per heavy atom. The zero-order valence-corrected chi connectivity index (χ0v) is 14.8. The van der Waals surface area contributed by atoms with Crippen molar-refractivity contribution in [1.82, 2.24) is 5.32 Å². The molecule has 1 aromatic rings. The van der Waals surface area contributed by atoms with Crippen LogP contribution in [0.3, 0.4) is 0 Å². The van der Waals surface area contributed by atoms with Crippen molar-refractivity contribution in [1.29, 1.82) is 0 Å². The number of Topliss-reactive ketones (excluding diaryl/α,β-unsaturated/α-hetero) is 1. The predicted octanol–water partition coefficient (Wildman–Crippen LogP) is 2.12. The Morgan fingerprint density at radius 2 is 1.92 bits per heavy atom. The van der Waals surface area contributed by atoms with Gasteiger partial charge in [-0.15, -0.1) is 0 Å². The van der Waals surface area contributed by atoms with Crippen LogP contribution in [0.4, 0.5) is 0 Å². The van der Waals surface area contributed by atoms with Crippen molar-refractivity contribution >= 4 is 34.6 Å². The van der Waals surface area contributed by atoms with E-state index in [1.807, 2.05) is 0 Å². The highest BCUT2D eigenvalue weighted by molar-refractivity contribution is 8.14. The lowest BCUT2D eigenvalue weighted by Crippen LogP contribution is -2.34. The fourth-order valence-electron chi connectivity index (χ4n) is 2.64. The smallest absolute Gasteiger partial charge is 0.330 e. The van der Waals surface area contributed by atoms with E-state index in [1.54, 1.807) is 30.3 Å². The summed E-state index contributed by atoms with van der Waals surface area (Å²) in [5, 5.41) is 2.21. The van der Waals surface area contributed by atoms with E-state index in [0.717, 1.165) is 24.7 Å². The molecule has 0 aromatic heterocycles. The zero-order valence-electron chi connectivity index (χ0n) is 14.0. The summed E-state index contributed by atoms with van der Waals surface area (Å²) in [6, 6.07) is 8.23. The first-order chi connectivity index (χ1) is 12.0. The fraction of sp³-hybridized carbons (Fsp3) is 0.444. The van der Waals surface area contributed by atoms with Crippen LogP contribution >= 0.6 is 11.8 Å². The molecule has 2 atom stereocenters. The van der Waals surface area contributed by atoms with Crippen molar-refractivity contribution in [3.05, 3.63) is 35.9 Å². The Balaban J connectivity index is 1.92. The summed E-state index contributed by atoms with van der Waals surface area (Å²) in [6.07, 6.45) is 1.37. The number of carbonyl (C=O) groups excluding carboxylic acids is 4. The number of rotatable bonds is 7. The second-order valence-corrected chi connectivity index (χ2v) is 7.35. The van der Waals surface area contributed by atoms with Gasteiger partial charge in [0.2, 0.25) is 0 Å². The van der Waals surface area contributed by atoms with Gasteiger partial charge in [-0.2, -0.15) is 0 Å². The number of hydrogen-bond donors (Lipinski definition) is 1. The molecule has 25 heavy (non-hydrogen) atoms. The van der Waals surface area contributed by atoms with Gasteiger partial charge in [-0.25, -0.2) is 4.79 Å². The molecule has 0 aliphatic carbocycles. The van der Waals surface area contributed by atoms with Crippen molar-refractivity contribution in [2.75, 3.05) is 6.54 Å². The summed E-state index contributed by atoms with van der Waals surface area (Å²) >= 11 is 0.923. The number of ketones is 1. The molecule has 1 N–H and O–H groups in total. The number of thioether (sulfide) groups is 1. The second kappa shape index (κ2) is 9.48. The molecule has 1 unspecified atom stereocenters. The van der Waals surface area contributed by atoms with E-state index in [-0.39, 0.29) is 23.7 Å². The first-order valence-electron chi connectivity index (χ1n) is 8.19. The summed E-state index contributed by atoms with van der Waals surface area (Å²) in [7, 11) is 0. The molecule has 7 heteroatoms. The summed E-state index contributed by atoms with van der Waals surface area (Å²) in [5.74, 6) is -1.46. The van der Waals surface area contributed by atoms with Crippen LogP contribution in [0.25, 0.3) is 0 Å². The number of esters is 2. The minimum Gasteiger partial charge on any atom is -0.392 e. The molecule has 1 heterocycles. The predicted molar refractivity (Wildman–Crippen MR) is 94.2 cm³/mol. The molecule has 0 saturated carbocycles. The summed E-state index contributed by atoms with van der Waals surface area (Å²) in [5.41, 5.74) is 0.524. The van der Waals surface area contributed by atoms with Crippen molar-refractivity contribution in [3.8, 4) is 0 Å². The van der Waals surface area contributed by atoms with Crippen LogP contribution in [-0.4, -0.2) is 40.7 Å². The SMILES string of the molecule is CC(=O)SC(CC(=O)OC(=O)[C@@H]1CCCN1)CC(=O)c1ccccc1. The number of carbonyl (C=O) groups is 4. The Kier molecular flexibility index (Phi) is 7.33. The van der Waals surface area contributed by atoms with Crippen LogP contribution in [0.15, 0.2) is 30.3 Å². The molecule has 1 aromatic carbocycles. The Hall–Kier alpha value is -1.99. The van der Waals surface area contributed by atoms with Crippen LogP contribution in [0, 0.1) is 0 Å². The molecule has 0 amide bonds. The molecular weight excluding hydrogens is 342 g/mol. The monoisotopic (exact) mass is 363 g/mol. The standard InChI is InChI=1S/C18H21NO5S/c1-12(20)25-14(10-16(21)13-6-3-2-4-7-13)11-17(22)24-18(23)15-8-5-9-19-15/h2-4,6-7,14-15,19H,5,8-11H2,1H3/t14?,15-/m0/s1. The molecule has 134 valence electrons. The van der Waals surface area contributed by atoms with E-state index in [2.05, 4.69) is 5.32 Å². The van der Waals surface area contributed by atoms with Gasteiger partial charge < -0.3 is 10.1 Å². The van der Waals surface area contributed by atoms with Crippen molar-refractivity contribution in [3.63, 3.8) is 0 Å². The largest absolute Gasteiger partial charge is 0.392 e. The number of ether oxygens (including phenoxy) is 1. The Labute approximate surface area is 150 Å². The van der Waals surface area contributed by atoms with E-state index in [4.69, 9.17) is 4.74 Å². The van der Waals surface area contributed by atoms with Crippen molar-refractivity contribution < 1.29 is 23.9 Å². The third-order valence-corrected chi connectivity index (χ3v) is 4.79. The topological polar surface area (TPSA) is 89.5 Å². The van der Waals surface area contributed by atoms with Crippen LogP contribution in [0.1, 0.15) is 43.0 Å². The fourth-order valence-corrected chi connectivity index (χ4v) is 3.56. The molecule has 0 radical (unpaired) electrons. The van der Waals surface area contributed by atoms with Gasteiger partial charge in [0, 0.05) is 24.2 Å². The third kappa shape index (κ3) is 6.43. The molecule has 6 nitrogen and oxygen atoms in total. The van der Waals surface area contributed by atoms with Gasteiger partial charge in [0.05, 0.1) is 6.42 Å². The van der Waals surface area contributed by atoms with Crippen LogP contribution in [0.2, 0.25) is 0 Å². The minimum absolute atomic E-state index is 0.0270.